The maximum atomic E-state index is 9.95. The van der Waals surface area contributed by atoms with Crippen LogP contribution in [0.2, 0.25) is 0 Å². The van der Waals surface area contributed by atoms with Crippen LogP contribution in [0.4, 0.5) is 0 Å². The molecule has 26 heavy (non-hydrogen) atoms. The van der Waals surface area contributed by atoms with E-state index in [2.05, 4.69) is 6.07 Å². The molecule has 0 amide bonds. The largest absolute Gasteiger partial charge is 0.463 e. The van der Waals surface area contributed by atoms with Crippen molar-refractivity contribution < 1.29 is 4.42 Å². The Morgan fingerprint density at radius 2 is 1.46 bits per heavy atom. The normalized spacial score (nSPS) is 10.5. The predicted molar refractivity (Wildman–Crippen MR) is 102 cm³/mol. The van der Waals surface area contributed by atoms with E-state index in [9.17, 15) is 5.26 Å². The lowest BCUT2D eigenvalue weighted by Crippen LogP contribution is -2.00. The van der Waals surface area contributed by atoms with Crippen LogP contribution in [0.15, 0.2) is 83.5 Å². The fourth-order valence-electron chi connectivity index (χ4n) is 3.21. The van der Waals surface area contributed by atoms with Crippen molar-refractivity contribution in [3.05, 3.63) is 90.2 Å². The summed E-state index contributed by atoms with van der Waals surface area (Å²) in [4.78, 5) is 4.83. The molecule has 0 aliphatic carbocycles. The molecule has 4 aromatic rings. The van der Waals surface area contributed by atoms with Crippen LogP contribution in [0.25, 0.3) is 33.8 Å². The highest BCUT2D eigenvalue weighted by atomic mass is 16.3. The first-order valence-corrected chi connectivity index (χ1v) is 8.39. The second-order valence-corrected chi connectivity index (χ2v) is 6.01. The van der Waals surface area contributed by atoms with Crippen LogP contribution in [0.1, 0.15) is 11.1 Å². The van der Waals surface area contributed by atoms with Crippen molar-refractivity contribution in [2.75, 3.05) is 0 Å². The molecule has 0 N–H and O–H groups in total. The zero-order valence-electron chi connectivity index (χ0n) is 14.3. The fourth-order valence-corrected chi connectivity index (χ4v) is 3.21. The van der Waals surface area contributed by atoms with Crippen molar-refractivity contribution in [2.45, 2.75) is 6.92 Å². The summed E-state index contributed by atoms with van der Waals surface area (Å²) in [5.41, 5.74) is 5.74. The van der Waals surface area contributed by atoms with Crippen molar-refractivity contribution in [1.29, 1.82) is 5.26 Å². The summed E-state index contributed by atoms with van der Waals surface area (Å²) in [6, 6.07) is 25.9. The monoisotopic (exact) mass is 336 g/mol. The first-order valence-electron chi connectivity index (χ1n) is 8.39. The van der Waals surface area contributed by atoms with Gasteiger partial charge in [-0.1, -0.05) is 60.7 Å². The van der Waals surface area contributed by atoms with Crippen LogP contribution < -0.4 is 0 Å². The molecule has 3 nitrogen and oxygen atoms in total. The van der Waals surface area contributed by atoms with Crippen LogP contribution in [-0.2, 0) is 0 Å². The van der Waals surface area contributed by atoms with Crippen LogP contribution >= 0.6 is 0 Å². The van der Waals surface area contributed by atoms with E-state index in [0.717, 1.165) is 27.9 Å². The van der Waals surface area contributed by atoms with Crippen LogP contribution in [-0.4, -0.2) is 4.98 Å². The Balaban J connectivity index is 2.10. The van der Waals surface area contributed by atoms with Gasteiger partial charge in [-0.3, -0.25) is 0 Å². The van der Waals surface area contributed by atoms with Crippen molar-refractivity contribution in [2.24, 2.45) is 0 Å². The van der Waals surface area contributed by atoms with Gasteiger partial charge in [0.05, 0.1) is 17.5 Å². The van der Waals surface area contributed by atoms with Gasteiger partial charge < -0.3 is 4.42 Å². The number of furan rings is 1. The quantitative estimate of drug-likeness (QED) is 0.471. The highest BCUT2D eigenvalue weighted by molar-refractivity contribution is 5.86. The molecule has 0 saturated heterocycles. The smallest absolute Gasteiger partial charge is 0.152 e. The molecule has 4 rings (SSSR count). The second-order valence-electron chi connectivity index (χ2n) is 6.01. The van der Waals surface area contributed by atoms with Crippen LogP contribution in [0.3, 0.4) is 0 Å². The molecule has 124 valence electrons. The van der Waals surface area contributed by atoms with Gasteiger partial charge in [-0.05, 0) is 30.2 Å². The molecule has 0 bridgehead atoms. The molecule has 0 atom stereocenters. The number of rotatable bonds is 3. The Bertz CT molecular complexity index is 1080. The topological polar surface area (TPSA) is 49.8 Å². The van der Waals surface area contributed by atoms with Gasteiger partial charge in [-0.25, -0.2) is 4.98 Å². The lowest BCUT2D eigenvalue weighted by Gasteiger charge is -2.16. The molecule has 2 aromatic heterocycles. The third-order valence-electron chi connectivity index (χ3n) is 4.42. The molecule has 0 radical (unpaired) electrons. The summed E-state index contributed by atoms with van der Waals surface area (Å²) < 4.78 is 5.61. The molecule has 3 heteroatoms. The standard InChI is InChI=1S/C23H16N2O/c1-16-21(17-9-4-2-5-10-17)19(15-24)23(18-11-6-3-7-12-18)25-22(16)20-13-8-14-26-20/h2-14H,1H3. The van der Waals surface area contributed by atoms with E-state index in [1.165, 1.54) is 0 Å². The lowest BCUT2D eigenvalue weighted by atomic mass is 9.91. The van der Waals surface area contributed by atoms with Gasteiger partial charge in [0, 0.05) is 11.1 Å². The molecule has 2 aromatic carbocycles. The van der Waals surface area contributed by atoms with E-state index < -0.39 is 0 Å². The average molecular weight is 336 g/mol. The molecule has 0 unspecified atom stereocenters. The van der Waals surface area contributed by atoms with Gasteiger partial charge in [0.2, 0.25) is 0 Å². The van der Waals surface area contributed by atoms with E-state index in [4.69, 9.17) is 9.40 Å². The average Bonchev–Trinajstić information content (AvgIpc) is 3.23. The third-order valence-corrected chi connectivity index (χ3v) is 4.42. The third kappa shape index (κ3) is 2.68. The summed E-state index contributed by atoms with van der Waals surface area (Å²) in [6.45, 7) is 1.99. The maximum absolute atomic E-state index is 9.95. The number of hydrogen-bond donors (Lipinski definition) is 0. The first-order chi connectivity index (χ1) is 12.8. The summed E-state index contributed by atoms with van der Waals surface area (Å²) in [5, 5.41) is 9.95. The van der Waals surface area contributed by atoms with E-state index in [-0.39, 0.29) is 0 Å². The number of nitrogens with zero attached hydrogens (tertiary/aromatic N) is 2. The first kappa shape index (κ1) is 15.9. The lowest BCUT2D eigenvalue weighted by molar-refractivity contribution is 0.579. The molecule has 0 aliphatic heterocycles. The van der Waals surface area contributed by atoms with Gasteiger partial charge in [-0.2, -0.15) is 5.26 Å². The summed E-state index contributed by atoms with van der Waals surface area (Å²) in [5.74, 6) is 0.696. The summed E-state index contributed by atoms with van der Waals surface area (Å²) in [6.07, 6.45) is 1.64. The van der Waals surface area contributed by atoms with Crippen LogP contribution in [0, 0.1) is 18.3 Å². The van der Waals surface area contributed by atoms with E-state index in [1.807, 2.05) is 79.7 Å². The number of nitriles is 1. The molecular weight excluding hydrogens is 320 g/mol. The Kier molecular flexibility index (Phi) is 4.09. The Hall–Kier alpha value is -3.64. The highest BCUT2D eigenvalue weighted by Gasteiger charge is 2.21. The molecule has 0 aliphatic rings. The Morgan fingerprint density at radius 3 is 2.04 bits per heavy atom. The van der Waals surface area contributed by atoms with E-state index in [0.29, 0.717) is 17.0 Å². The number of benzene rings is 2. The van der Waals surface area contributed by atoms with Crippen molar-refractivity contribution >= 4 is 0 Å². The molecule has 0 saturated carbocycles. The van der Waals surface area contributed by atoms with Crippen molar-refractivity contribution in [1.82, 2.24) is 4.98 Å². The molecule has 0 spiro atoms. The van der Waals surface area contributed by atoms with Gasteiger partial charge in [0.25, 0.3) is 0 Å². The minimum Gasteiger partial charge on any atom is -0.463 e. The zero-order valence-corrected chi connectivity index (χ0v) is 14.3. The van der Waals surface area contributed by atoms with Gasteiger partial charge >= 0.3 is 0 Å². The van der Waals surface area contributed by atoms with Gasteiger partial charge in [0.1, 0.15) is 11.8 Å². The maximum Gasteiger partial charge on any atom is 0.152 e. The minimum atomic E-state index is 0.579. The van der Waals surface area contributed by atoms with Crippen molar-refractivity contribution in [3.8, 4) is 39.9 Å². The Morgan fingerprint density at radius 1 is 0.808 bits per heavy atom. The number of pyridine rings is 1. The summed E-state index contributed by atoms with van der Waals surface area (Å²) >= 11 is 0. The fraction of sp³-hybridized carbons (Fsp3) is 0.0435. The minimum absolute atomic E-state index is 0.579. The predicted octanol–water partition coefficient (Wildman–Crippen LogP) is 5.86. The molecular formula is C23H16N2O. The van der Waals surface area contributed by atoms with Gasteiger partial charge in [-0.15, -0.1) is 0 Å². The number of hydrogen-bond acceptors (Lipinski definition) is 3. The second kappa shape index (κ2) is 6.70. The number of aromatic nitrogens is 1. The molecule has 2 heterocycles. The summed E-state index contributed by atoms with van der Waals surface area (Å²) in [7, 11) is 0. The Labute approximate surface area is 152 Å². The van der Waals surface area contributed by atoms with Crippen molar-refractivity contribution in [3.63, 3.8) is 0 Å². The van der Waals surface area contributed by atoms with E-state index >= 15 is 0 Å². The highest BCUT2D eigenvalue weighted by Crippen LogP contribution is 2.38. The van der Waals surface area contributed by atoms with E-state index in [1.54, 1.807) is 6.26 Å². The SMILES string of the molecule is Cc1c(-c2ccco2)nc(-c2ccccc2)c(C#N)c1-c1ccccc1. The molecule has 0 fully saturated rings. The van der Waals surface area contributed by atoms with Gasteiger partial charge in [0.15, 0.2) is 5.76 Å². The van der Waals surface area contributed by atoms with Crippen LogP contribution in [0.5, 0.6) is 0 Å². The zero-order chi connectivity index (χ0) is 17.9.